The maximum Gasteiger partial charge on any atom is 0.119 e. The van der Waals surface area contributed by atoms with Crippen molar-refractivity contribution >= 4 is 0 Å². The van der Waals surface area contributed by atoms with Gasteiger partial charge in [-0.3, -0.25) is 0 Å². The zero-order valence-corrected chi connectivity index (χ0v) is 9.05. The highest BCUT2D eigenvalue weighted by Crippen LogP contribution is 2.11. The summed E-state index contributed by atoms with van der Waals surface area (Å²) in [5.41, 5.74) is 1.31. The van der Waals surface area contributed by atoms with Gasteiger partial charge < -0.3 is 10.1 Å². The van der Waals surface area contributed by atoms with Gasteiger partial charge in [0.25, 0.3) is 0 Å². The summed E-state index contributed by atoms with van der Waals surface area (Å²) in [6, 6.07) is 8.25. The third-order valence-corrected chi connectivity index (χ3v) is 1.99. The maximum atomic E-state index is 5.37. The second kappa shape index (κ2) is 6.44. The van der Waals surface area contributed by atoms with Crippen LogP contribution in [0, 0.1) is 0 Å². The van der Waals surface area contributed by atoms with Gasteiger partial charge in [0, 0.05) is 6.54 Å². The van der Waals surface area contributed by atoms with Gasteiger partial charge in [-0.25, -0.2) is 0 Å². The molecule has 0 aliphatic rings. The molecular formula is C12H19NO. The van der Waals surface area contributed by atoms with Gasteiger partial charge in [-0.1, -0.05) is 19.1 Å². The Labute approximate surface area is 86.3 Å². The summed E-state index contributed by atoms with van der Waals surface area (Å²) >= 11 is 0. The average Bonchev–Trinajstić information content (AvgIpc) is 2.21. The molecular weight excluding hydrogens is 174 g/mol. The summed E-state index contributed by atoms with van der Waals surface area (Å²) in [6.07, 6.45) is 1.18. The monoisotopic (exact) mass is 193 g/mol. The summed E-state index contributed by atoms with van der Waals surface area (Å²) in [5.74, 6) is 0.951. The molecule has 1 aromatic rings. The molecule has 0 radical (unpaired) electrons. The molecule has 0 bridgehead atoms. The Morgan fingerprint density at radius 1 is 1.14 bits per heavy atom. The van der Waals surface area contributed by atoms with Crippen molar-refractivity contribution in [3.8, 4) is 5.75 Å². The molecule has 0 saturated carbocycles. The zero-order valence-electron chi connectivity index (χ0n) is 9.05. The van der Waals surface area contributed by atoms with Crippen LogP contribution in [-0.2, 0) is 6.54 Å². The fourth-order valence-electron chi connectivity index (χ4n) is 1.28. The Bertz CT molecular complexity index is 243. The molecule has 0 fully saturated rings. The van der Waals surface area contributed by atoms with Gasteiger partial charge in [0.2, 0.25) is 0 Å². The van der Waals surface area contributed by atoms with Crippen molar-refractivity contribution in [3.63, 3.8) is 0 Å². The fraction of sp³-hybridized carbons (Fsp3) is 0.500. The number of hydrogen-bond acceptors (Lipinski definition) is 2. The van der Waals surface area contributed by atoms with Gasteiger partial charge in [0.1, 0.15) is 5.75 Å². The standard InChI is InChI=1S/C12H19NO/c1-3-9-13-10-11-5-7-12(8-6-11)14-4-2/h5-8,13H,3-4,9-10H2,1-2H3. The second-order valence-corrected chi connectivity index (χ2v) is 3.25. The van der Waals surface area contributed by atoms with Crippen LogP contribution in [-0.4, -0.2) is 13.2 Å². The topological polar surface area (TPSA) is 21.3 Å². The van der Waals surface area contributed by atoms with E-state index >= 15 is 0 Å². The van der Waals surface area contributed by atoms with Crippen molar-refractivity contribution in [2.24, 2.45) is 0 Å². The molecule has 14 heavy (non-hydrogen) atoms. The molecule has 0 atom stereocenters. The molecule has 0 spiro atoms. The Kier molecular flexibility index (Phi) is 5.08. The minimum atomic E-state index is 0.730. The predicted octanol–water partition coefficient (Wildman–Crippen LogP) is 2.58. The lowest BCUT2D eigenvalue weighted by atomic mass is 10.2. The van der Waals surface area contributed by atoms with Crippen LogP contribution in [0.4, 0.5) is 0 Å². The van der Waals surface area contributed by atoms with Crippen LogP contribution in [0.5, 0.6) is 5.75 Å². The van der Waals surface area contributed by atoms with Crippen LogP contribution in [0.25, 0.3) is 0 Å². The molecule has 0 aliphatic carbocycles. The SMILES string of the molecule is CCCNCc1ccc(OCC)cc1. The quantitative estimate of drug-likeness (QED) is 0.701. The first-order valence-corrected chi connectivity index (χ1v) is 5.29. The van der Waals surface area contributed by atoms with Gasteiger partial charge in [0.15, 0.2) is 0 Å². The summed E-state index contributed by atoms with van der Waals surface area (Å²) < 4.78 is 5.37. The van der Waals surface area contributed by atoms with E-state index in [4.69, 9.17) is 4.74 Å². The average molecular weight is 193 g/mol. The van der Waals surface area contributed by atoms with E-state index < -0.39 is 0 Å². The molecule has 2 nitrogen and oxygen atoms in total. The van der Waals surface area contributed by atoms with E-state index in [1.165, 1.54) is 12.0 Å². The van der Waals surface area contributed by atoms with Crippen LogP contribution < -0.4 is 10.1 Å². The van der Waals surface area contributed by atoms with Crippen LogP contribution in [0.15, 0.2) is 24.3 Å². The van der Waals surface area contributed by atoms with Crippen molar-refractivity contribution in [2.45, 2.75) is 26.8 Å². The Hall–Kier alpha value is -1.02. The lowest BCUT2D eigenvalue weighted by Gasteiger charge is -2.05. The normalized spacial score (nSPS) is 10.1. The second-order valence-electron chi connectivity index (χ2n) is 3.25. The first-order valence-electron chi connectivity index (χ1n) is 5.29. The van der Waals surface area contributed by atoms with Crippen molar-refractivity contribution in [1.29, 1.82) is 0 Å². The Morgan fingerprint density at radius 2 is 1.86 bits per heavy atom. The lowest BCUT2D eigenvalue weighted by molar-refractivity contribution is 0.340. The third-order valence-electron chi connectivity index (χ3n) is 1.99. The first-order chi connectivity index (χ1) is 6.86. The van der Waals surface area contributed by atoms with Crippen molar-refractivity contribution in [2.75, 3.05) is 13.2 Å². The highest BCUT2D eigenvalue weighted by atomic mass is 16.5. The van der Waals surface area contributed by atoms with Crippen LogP contribution in [0.1, 0.15) is 25.8 Å². The predicted molar refractivity (Wildman–Crippen MR) is 59.6 cm³/mol. The van der Waals surface area contributed by atoms with Crippen molar-refractivity contribution < 1.29 is 4.74 Å². The van der Waals surface area contributed by atoms with Crippen LogP contribution in [0.3, 0.4) is 0 Å². The van der Waals surface area contributed by atoms with E-state index in [0.29, 0.717) is 0 Å². The summed E-state index contributed by atoms with van der Waals surface area (Å²) in [6.45, 7) is 6.92. The van der Waals surface area contributed by atoms with Crippen LogP contribution >= 0.6 is 0 Å². The molecule has 0 aliphatic heterocycles. The number of benzene rings is 1. The van der Waals surface area contributed by atoms with Gasteiger partial charge in [-0.2, -0.15) is 0 Å². The summed E-state index contributed by atoms with van der Waals surface area (Å²) in [5, 5.41) is 3.36. The molecule has 0 amide bonds. The molecule has 0 aromatic heterocycles. The molecule has 1 aromatic carbocycles. The highest BCUT2D eigenvalue weighted by molar-refractivity contribution is 5.27. The summed E-state index contributed by atoms with van der Waals surface area (Å²) in [7, 11) is 0. The first kappa shape index (κ1) is 11.1. The minimum Gasteiger partial charge on any atom is -0.494 e. The largest absolute Gasteiger partial charge is 0.494 e. The van der Waals surface area contributed by atoms with E-state index in [1.54, 1.807) is 0 Å². The number of nitrogens with one attached hydrogen (secondary N) is 1. The smallest absolute Gasteiger partial charge is 0.119 e. The number of hydrogen-bond donors (Lipinski definition) is 1. The minimum absolute atomic E-state index is 0.730. The molecule has 2 heteroatoms. The summed E-state index contributed by atoms with van der Waals surface area (Å²) in [4.78, 5) is 0. The van der Waals surface area contributed by atoms with E-state index in [1.807, 2.05) is 19.1 Å². The Morgan fingerprint density at radius 3 is 2.43 bits per heavy atom. The van der Waals surface area contributed by atoms with Crippen molar-refractivity contribution in [1.82, 2.24) is 5.32 Å². The van der Waals surface area contributed by atoms with Crippen LogP contribution in [0.2, 0.25) is 0 Å². The molecule has 78 valence electrons. The van der Waals surface area contributed by atoms with Gasteiger partial charge >= 0.3 is 0 Å². The lowest BCUT2D eigenvalue weighted by Crippen LogP contribution is -2.13. The molecule has 0 heterocycles. The molecule has 0 unspecified atom stereocenters. The Balaban J connectivity index is 2.38. The number of ether oxygens (including phenoxy) is 1. The van der Waals surface area contributed by atoms with Gasteiger partial charge in [-0.05, 0) is 37.6 Å². The molecule has 1 N–H and O–H groups in total. The van der Waals surface area contributed by atoms with Gasteiger partial charge in [-0.15, -0.1) is 0 Å². The fourth-order valence-corrected chi connectivity index (χ4v) is 1.28. The number of rotatable bonds is 6. The maximum absolute atomic E-state index is 5.37. The van der Waals surface area contributed by atoms with Crippen molar-refractivity contribution in [3.05, 3.63) is 29.8 Å². The third kappa shape index (κ3) is 3.79. The van der Waals surface area contributed by atoms with Gasteiger partial charge in [0.05, 0.1) is 6.61 Å². The van der Waals surface area contributed by atoms with E-state index in [9.17, 15) is 0 Å². The van der Waals surface area contributed by atoms with E-state index in [0.717, 1.165) is 25.4 Å². The highest BCUT2D eigenvalue weighted by Gasteiger charge is 1.93. The zero-order chi connectivity index (χ0) is 10.2. The van der Waals surface area contributed by atoms with E-state index in [2.05, 4.69) is 24.4 Å². The molecule has 1 rings (SSSR count). The van der Waals surface area contributed by atoms with E-state index in [-0.39, 0.29) is 0 Å². The molecule has 0 saturated heterocycles.